The number of alkyl halides is 2. The van der Waals surface area contributed by atoms with E-state index in [0.29, 0.717) is 42.6 Å². The monoisotopic (exact) mass is 466 g/mol. The summed E-state index contributed by atoms with van der Waals surface area (Å²) in [7, 11) is 0. The van der Waals surface area contributed by atoms with Gasteiger partial charge in [-0.2, -0.15) is 0 Å². The van der Waals surface area contributed by atoms with E-state index in [1.165, 1.54) is 0 Å². The second-order valence-electron chi connectivity index (χ2n) is 9.55. The first kappa shape index (κ1) is 21.4. The highest BCUT2D eigenvalue weighted by Crippen LogP contribution is 2.65. The van der Waals surface area contributed by atoms with E-state index < -0.39 is 11.3 Å². The van der Waals surface area contributed by atoms with Gasteiger partial charge in [0.2, 0.25) is 5.95 Å². The number of anilines is 4. The van der Waals surface area contributed by atoms with Crippen molar-refractivity contribution in [1.29, 1.82) is 0 Å². The Labute approximate surface area is 197 Å². The smallest absolute Gasteiger partial charge is 0.256 e. The predicted molar refractivity (Wildman–Crippen MR) is 128 cm³/mol. The second-order valence-corrected chi connectivity index (χ2v) is 9.55. The Hall–Kier alpha value is -3.14. The third kappa shape index (κ3) is 3.70. The Morgan fingerprint density at radius 3 is 2.47 bits per heavy atom. The van der Waals surface area contributed by atoms with E-state index in [-0.39, 0.29) is 6.42 Å². The van der Waals surface area contributed by atoms with Gasteiger partial charge in [0.25, 0.3) is 5.92 Å². The predicted octanol–water partition coefficient (Wildman–Crippen LogP) is 3.54. The molecule has 1 atom stereocenters. The van der Waals surface area contributed by atoms with E-state index >= 15 is 0 Å². The number of nitrogens with one attached hydrogen (secondary N) is 1. The first-order chi connectivity index (χ1) is 16.5. The maximum absolute atomic E-state index is 13.9. The average Bonchev–Trinajstić information content (AvgIpc) is 3.16. The van der Waals surface area contributed by atoms with Gasteiger partial charge in [-0.05, 0) is 31.2 Å². The number of aromatic nitrogens is 4. The fraction of sp³-hybridized carbons (Fsp3) is 0.500. The van der Waals surface area contributed by atoms with Crippen molar-refractivity contribution in [3.8, 4) is 0 Å². The molecular weight excluding hydrogens is 438 g/mol. The molecule has 34 heavy (non-hydrogen) atoms. The van der Waals surface area contributed by atoms with E-state index in [1.807, 2.05) is 23.2 Å². The summed E-state index contributed by atoms with van der Waals surface area (Å²) in [6.07, 6.45) is 5.74. The molecular formula is C24H28F2N8. The fourth-order valence-corrected chi connectivity index (χ4v) is 5.19. The summed E-state index contributed by atoms with van der Waals surface area (Å²) in [6.45, 7) is 8.27. The van der Waals surface area contributed by atoms with E-state index in [1.54, 1.807) is 12.4 Å². The first-order valence-electron chi connectivity index (χ1n) is 11.9. The molecule has 0 bridgehead atoms. The van der Waals surface area contributed by atoms with Crippen LogP contribution in [0.2, 0.25) is 0 Å². The molecule has 6 rings (SSSR count). The molecule has 0 radical (unpaired) electrons. The van der Waals surface area contributed by atoms with Crippen LogP contribution in [0.5, 0.6) is 0 Å². The molecule has 3 aromatic rings. The van der Waals surface area contributed by atoms with E-state index in [9.17, 15) is 8.78 Å². The maximum atomic E-state index is 13.9. The lowest BCUT2D eigenvalue weighted by molar-refractivity contribution is 0.0711. The minimum atomic E-state index is -2.56. The largest absolute Gasteiger partial charge is 0.368 e. The van der Waals surface area contributed by atoms with Crippen molar-refractivity contribution < 1.29 is 8.78 Å². The zero-order chi connectivity index (χ0) is 23.3. The van der Waals surface area contributed by atoms with Gasteiger partial charge >= 0.3 is 0 Å². The lowest BCUT2D eigenvalue weighted by atomic mass is 10.1. The summed E-state index contributed by atoms with van der Waals surface area (Å²) in [6, 6.07) is 5.83. The minimum absolute atomic E-state index is 0.0288. The average molecular weight is 467 g/mol. The molecule has 1 N–H and O–H groups in total. The molecule has 2 saturated heterocycles. The quantitative estimate of drug-likeness (QED) is 0.612. The summed E-state index contributed by atoms with van der Waals surface area (Å²) in [5.41, 5.74) is 0.873. The zero-order valence-electron chi connectivity index (χ0n) is 19.2. The summed E-state index contributed by atoms with van der Waals surface area (Å²) in [4.78, 5) is 24.9. The van der Waals surface area contributed by atoms with Gasteiger partial charge < -0.3 is 20.0 Å². The van der Waals surface area contributed by atoms with Crippen LogP contribution in [0.3, 0.4) is 0 Å². The Balaban J connectivity index is 1.19. The van der Waals surface area contributed by atoms with Crippen molar-refractivity contribution in [2.24, 2.45) is 5.41 Å². The molecule has 1 saturated carbocycles. The SMILES string of the molecule is CCN1CCN(c2ccc(Nc3ncc4ccnc(N5CCC6(C5)CC6(F)F)c4n3)nc2)CC1. The Morgan fingerprint density at radius 2 is 1.79 bits per heavy atom. The van der Waals surface area contributed by atoms with Crippen LogP contribution < -0.4 is 15.1 Å². The number of nitrogens with zero attached hydrogens (tertiary/aromatic N) is 7. The lowest BCUT2D eigenvalue weighted by Gasteiger charge is -2.35. The molecule has 0 amide bonds. The highest BCUT2D eigenvalue weighted by atomic mass is 19.3. The van der Waals surface area contributed by atoms with Gasteiger partial charge in [-0.1, -0.05) is 6.92 Å². The molecule has 2 aliphatic heterocycles. The van der Waals surface area contributed by atoms with Crippen LogP contribution in [0.1, 0.15) is 19.8 Å². The minimum Gasteiger partial charge on any atom is -0.368 e. The van der Waals surface area contributed by atoms with Crippen LogP contribution in [0.15, 0.2) is 36.8 Å². The van der Waals surface area contributed by atoms with Gasteiger partial charge in [0, 0.05) is 63.5 Å². The number of hydrogen-bond donors (Lipinski definition) is 1. The number of likely N-dealkylation sites (N-methyl/N-ethyl adjacent to an activating group) is 1. The summed E-state index contributed by atoms with van der Waals surface area (Å²) in [5.74, 6) is -0.866. The van der Waals surface area contributed by atoms with Crippen molar-refractivity contribution >= 4 is 34.2 Å². The van der Waals surface area contributed by atoms with Gasteiger partial charge in [0.1, 0.15) is 11.3 Å². The van der Waals surface area contributed by atoms with Crippen molar-refractivity contribution in [3.63, 3.8) is 0 Å². The van der Waals surface area contributed by atoms with Gasteiger partial charge in [-0.15, -0.1) is 0 Å². The van der Waals surface area contributed by atoms with Gasteiger partial charge in [-0.3, -0.25) is 0 Å². The van der Waals surface area contributed by atoms with Gasteiger partial charge in [-0.25, -0.2) is 28.7 Å². The van der Waals surface area contributed by atoms with Crippen molar-refractivity contribution in [1.82, 2.24) is 24.8 Å². The van der Waals surface area contributed by atoms with Crippen molar-refractivity contribution in [2.75, 3.05) is 60.9 Å². The topological polar surface area (TPSA) is 73.3 Å². The number of fused-ring (bicyclic) bond motifs is 1. The molecule has 1 spiro atoms. The summed E-state index contributed by atoms with van der Waals surface area (Å²) in [5, 5.41) is 4.00. The number of pyridine rings is 2. The van der Waals surface area contributed by atoms with Crippen molar-refractivity contribution in [2.45, 2.75) is 25.7 Å². The van der Waals surface area contributed by atoms with Crippen LogP contribution in [-0.2, 0) is 0 Å². The highest BCUT2D eigenvalue weighted by Gasteiger charge is 2.72. The molecule has 3 aromatic heterocycles. The summed E-state index contributed by atoms with van der Waals surface area (Å²) >= 11 is 0. The van der Waals surface area contributed by atoms with Crippen LogP contribution >= 0.6 is 0 Å². The molecule has 178 valence electrons. The lowest BCUT2D eigenvalue weighted by Crippen LogP contribution is -2.46. The molecule has 3 aliphatic rings. The van der Waals surface area contributed by atoms with Gasteiger partial charge in [0.05, 0.1) is 17.3 Å². The van der Waals surface area contributed by atoms with E-state index in [2.05, 4.69) is 48.0 Å². The highest BCUT2D eigenvalue weighted by molar-refractivity contribution is 5.89. The van der Waals surface area contributed by atoms with Crippen LogP contribution in [0, 0.1) is 5.41 Å². The Morgan fingerprint density at radius 1 is 0.971 bits per heavy atom. The van der Waals surface area contributed by atoms with Crippen LogP contribution in [-0.4, -0.2) is 76.6 Å². The number of piperazine rings is 1. The molecule has 0 aromatic carbocycles. The van der Waals surface area contributed by atoms with Gasteiger partial charge in [0.15, 0.2) is 5.82 Å². The Bertz CT molecular complexity index is 1200. The Kier molecular flexibility index (Phi) is 5.02. The molecule has 8 nitrogen and oxygen atoms in total. The third-order valence-corrected chi connectivity index (χ3v) is 7.52. The maximum Gasteiger partial charge on any atom is 0.256 e. The molecule has 1 aliphatic carbocycles. The standard InChI is InChI=1S/C24H28F2N8/c1-2-32-9-11-33(12-10-32)18-3-4-19(28-14-18)30-22-29-13-17-5-7-27-21(20(17)31-22)34-8-6-23(16-34)15-24(23,25)26/h3-5,7,13-14H,2,6,8-12,15-16H2,1H3,(H,28,29,30,31). The van der Waals surface area contributed by atoms with Crippen molar-refractivity contribution in [3.05, 3.63) is 36.8 Å². The van der Waals surface area contributed by atoms with Crippen LogP contribution in [0.4, 0.5) is 32.1 Å². The fourth-order valence-electron chi connectivity index (χ4n) is 5.19. The summed E-state index contributed by atoms with van der Waals surface area (Å²) < 4.78 is 27.8. The molecule has 10 heteroatoms. The number of halogens is 2. The zero-order valence-corrected chi connectivity index (χ0v) is 19.2. The number of hydrogen-bond acceptors (Lipinski definition) is 8. The number of rotatable bonds is 5. The first-order valence-corrected chi connectivity index (χ1v) is 11.9. The second kappa shape index (κ2) is 7.97. The normalized spacial score (nSPS) is 24.2. The van der Waals surface area contributed by atoms with E-state index in [4.69, 9.17) is 0 Å². The van der Waals surface area contributed by atoms with E-state index in [0.717, 1.165) is 43.8 Å². The third-order valence-electron chi connectivity index (χ3n) is 7.52. The molecule has 5 heterocycles. The molecule has 1 unspecified atom stereocenters. The van der Waals surface area contributed by atoms with Crippen LogP contribution in [0.25, 0.3) is 10.9 Å². The molecule has 3 fully saturated rings.